The van der Waals surface area contributed by atoms with Crippen molar-refractivity contribution in [2.45, 2.75) is 63.5 Å². The molecular formula is C16H23F6N2O+. The second kappa shape index (κ2) is 5.76. The fourth-order valence-electron chi connectivity index (χ4n) is 5.77. The number of amides is 1. The van der Waals surface area contributed by atoms with E-state index in [1.54, 1.807) is 0 Å². The van der Waals surface area contributed by atoms with Gasteiger partial charge in [-0.15, -0.1) is 0 Å². The Hall–Kier alpha value is -0.990. The second-order valence-corrected chi connectivity index (χ2v) is 8.31. The molecule has 4 aliphatic rings. The zero-order valence-corrected chi connectivity index (χ0v) is 13.9. The van der Waals surface area contributed by atoms with Gasteiger partial charge in [-0.1, -0.05) is 0 Å². The first kappa shape index (κ1) is 18.8. The van der Waals surface area contributed by atoms with Crippen molar-refractivity contribution < 1.29 is 36.5 Å². The monoisotopic (exact) mass is 373 g/mol. The minimum atomic E-state index is -5.64. The average Bonchev–Trinajstić information content (AvgIpc) is 2.38. The summed E-state index contributed by atoms with van der Waals surface area (Å²) in [6.07, 6.45) is -6.04. The molecule has 4 bridgehead atoms. The second-order valence-electron chi connectivity index (χ2n) is 8.31. The molecule has 1 amide bonds. The van der Waals surface area contributed by atoms with Crippen LogP contribution < -0.4 is 10.6 Å². The molecule has 4 fully saturated rings. The van der Waals surface area contributed by atoms with Crippen molar-refractivity contribution in [2.24, 2.45) is 23.2 Å². The van der Waals surface area contributed by atoms with Crippen molar-refractivity contribution in [3.8, 4) is 0 Å². The molecule has 9 heteroatoms. The van der Waals surface area contributed by atoms with Gasteiger partial charge in [-0.25, -0.2) is 0 Å². The van der Waals surface area contributed by atoms with Gasteiger partial charge in [-0.2, -0.15) is 26.3 Å². The van der Waals surface area contributed by atoms with Crippen LogP contribution in [0.5, 0.6) is 0 Å². The molecule has 0 aliphatic heterocycles. The fraction of sp³-hybridized carbons (Fsp3) is 0.938. The molecule has 0 radical (unpaired) electrons. The molecule has 0 aromatic rings. The summed E-state index contributed by atoms with van der Waals surface area (Å²) in [6.45, 7) is 0.403. The minimum absolute atomic E-state index is 0.268. The van der Waals surface area contributed by atoms with Gasteiger partial charge in [0.2, 0.25) is 5.91 Å². The van der Waals surface area contributed by atoms with Gasteiger partial charge in [0.15, 0.2) is 0 Å². The summed E-state index contributed by atoms with van der Waals surface area (Å²) in [5.74, 6) is -0.0822. The van der Waals surface area contributed by atoms with E-state index >= 15 is 0 Å². The van der Waals surface area contributed by atoms with Crippen LogP contribution in [0, 0.1) is 23.2 Å². The van der Waals surface area contributed by atoms with E-state index in [9.17, 15) is 31.1 Å². The number of alkyl halides is 6. The zero-order chi connectivity index (χ0) is 18.7. The molecule has 0 spiro atoms. The number of rotatable bonds is 4. The van der Waals surface area contributed by atoms with E-state index in [0.717, 1.165) is 24.6 Å². The predicted octanol–water partition coefficient (Wildman–Crippen LogP) is 2.72. The molecular weight excluding hydrogens is 350 g/mol. The molecule has 3 nitrogen and oxygen atoms in total. The predicted molar refractivity (Wildman–Crippen MR) is 76.1 cm³/mol. The van der Waals surface area contributed by atoms with E-state index in [0.29, 0.717) is 49.3 Å². The number of quaternary nitrogens is 1. The molecule has 0 heterocycles. The highest BCUT2D eigenvalue weighted by Gasteiger charge is 2.76. The third kappa shape index (κ3) is 3.24. The standard InChI is InChI=1S/C16H22F6N2O/c1-9(25)24-14(15(17,18)19,16(20,21)22)23-8-13-5-10-2-11(6-13)4-12(3-10)7-13/h10-12,23H,2-8H2,1H3,(H,24,25)/p+1. The van der Waals surface area contributed by atoms with Crippen LogP contribution >= 0.6 is 0 Å². The first-order valence-corrected chi connectivity index (χ1v) is 8.62. The highest BCUT2D eigenvalue weighted by atomic mass is 19.4. The smallest absolute Gasteiger partial charge is 0.308 e. The summed E-state index contributed by atoms with van der Waals surface area (Å²) >= 11 is 0. The molecule has 4 rings (SSSR count). The highest BCUT2D eigenvalue weighted by Crippen LogP contribution is 2.59. The number of halogens is 6. The van der Waals surface area contributed by atoms with Gasteiger partial charge in [0.25, 0.3) is 0 Å². The molecule has 144 valence electrons. The van der Waals surface area contributed by atoms with E-state index in [1.807, 2.05) is 0 Å². The van der Waals surface area contributed by atoms with Gasteiger partial charge >= 0.3 is 18.0 Å². The van der Waals surface area contributed by atoms with Crippen LogP contribution in [0.15, 0.2) is 0 Å². The lowest BCUT2D eigenvalue weighted by Gasteiger charge is -2.56. The summed E-state index contributed by atoms with van der Waals surface area (Å²) < 4.78 is 80.5. The summed E-state index contributed by atoms with van der Waals surface area (Å²) in [5.41, 5.74) is -4.76. The van der Waals surface area contributed by atoms with Crippen LogP contribution in [0.25, 0.3) is 0 Å². The fourth-order valence-corrected chi connectivity index (χ4v) is 5.77. The van der Waals surface area contributed by atoms with E-state index in [4.69, 9.17) is 0 Å². The summed E-state index contributed by atoms with van der Waals surface area (Å²) in [5, 5.41) is 1.45. The van der Waals surface area contributed by atoms with Crippen molar-refractivity contribution in [3.05, 3.63) is 0 Å². The molecule has 0 aromatic carbocycles. The first-order valence-electron chi connectivity index (χ1n) is 8.62. The first-order chi connectivity index (χ1) is 11.4. The Bertz CT molecular complexity index is 492. The van der Waals surface area contributed by atoms with Gasteiger partial charge in [0.05, 0.1) is 6.54 Å². The van der Waals surface area contributed by atoms with Crippen molar-refractivity contribution in [1.82, 2.24) is 5.32 Å². The maximum Gasteiger partial charge on any atom is 0.475 e. The SMILES string of the molecule is CC(=O)NC([NH2+]CC12CC3CC(CC(C3)C1)C2)(C(F)(F)F)C(F)(F)F. The van der Waals surface area contributed by atoms with Crippen molar-refractivity contribution in [1.29, 1.82) is 0 Å². The van der Waals surface area contributed by atoms with Gasteiger partial charge in [-0.3, -0.25) is 10.1 Å². The molecule has 3 N–H and O–H groups in total. The maximum absolute atomic E-state index is 13.4. The van der Waals surface area contributed by atoms with E-state index < -0.39 is 29.3 Å². The number of nitrogens with two attached hydrogens (primary N) is 1. The van der Waals surface area contributed by atoms with Gasteiger partial charge in [0.1, 0.15) is 0 Å². The van der Waals surface area contributed by atoms with E-state index in [1.165, 1.54) is 0 Å². The lowest BCUT2D eigenvalue weighted by molar-refractivity contribution is -0.792. The Balaban J connectivity index is 1.85. The van der Waals surface area contributed by atoms with Crippen LogP contribution in [0.2, 0.25) is 0 Å². The van der Waals surface area contributed by atoms with Crippen LogP contribution in [-0.4, -0.2) is 30.5 Å². The number of hydrogen-bond acceptors (Lipinski definition) is 1. The Kier molecular flexibility index (Phi) is 4.33. The van der Waals surface area contributed by atoms with Crippen LogP contribution in [0.1, 0.15) is 45.4 Å². The Morgan fingerprint density at radius 2 is 1.36 bits per heavy atom. The molecule has 0 unspecified atom stereocenters. The normalized spacial score (nSPS) is 35.1. The van der Waals surface area contributed by atoms with Crippen LogP contribution in [0.3, 0.4) is 0 Å². The van der Waals surface area contributed by atoms with Crippen molar-refractivity contribution >= 4 is 5.91 Å². The Labute approximate surface area is 141 Å². The van der Waals surface area contributed by atoms with Crippen molar-refractivity contribution in [2.75, 3.05) is 6.54 Å². The molecule has 0 atom stereocenters. The third-order valence-electron chi connectivity index (χ3n) is 6.27. The quantitative estimate of drug-likeness (QED) is 0.578. The molecule has 4 saturated carbocycles. The number of hydrogen-bond donors (Lipinski definition) is 2. The molecule has 25 heavy (non-hydrogen) atoms. The number of carbonyl (C=O) groups excluding carboxylic acids is 1. The average molecular weight is 373 g/mol. The molecule has 0 aromatic heterocycles. The van der Waals surface area contributed by atoms with Crippen molar-refractivity contribution in [3.63, 3.8) is 0 Å². The molecule has 4 aliphatic carbocycles. The maximum atomic E-state index is 13.4. The van der Waals surface area contributed by atoms with Crippen LogP contribution in [0.4, 0.5) is 26.3 Å². The highest BCUT2D eigenvalue weighted by molar-refractivity contribution is 5.73. The summed E-state index contributed by atoms with van der Waals surface area (Å²) in [7, 11) is 0. The third-order valence-corrected chi connectivity index (χ3v) is 6.27. The molecule has 0 saturated heterocycles. The van der Waals surface area contributed by atoms with E-state index in [2.05, 4.69) is 0 Å². The summed E-state index contributed by atoms with van der Waals surface area (Å²) in [4.78, 5) is 11.1. The van der Waals surface area contributed by atoms with Gasteiger partial charge < -0.3 is 5.32 Å². The van der Waals surface area contributed by atoms with Gasteiger partial charge in [0, 0.05) is 12.3 Å². The number of carbonyl (C=O) groups is 1. The lowest BCUT2D eigenvalue weighted by atomic mass is 9.49. The zero-order valence-electron chi connectivity index (χ0n) is 13.9. The largest absolute Gasteiger partial charge is 0.475 e. The lowest BCUT2D eigenvalue weighted by Crippen LogP contribution is -3.09. The minimum Gasteiger partial charge on any atom is -0.308 e. The van der Waals surface area contributed by atoms with Crippen LogP contribution in [-0.2, 0) is 4.79 Å². The van der Waals surface area contributed by atoms with E-state index in [-0.39, 0.29) is 6.54 Å². The number of nitrogens with one attached hydrogen (secondary N) is 1. The Morgan fingerprint density at radius 3 is 1.68 bits per heavy atom. The van der Waals surface area contributed by atoms with Gasteiger partial charge in [-0.05, 0) is 56.3 Å². The topological polar surface area (TPSA) is 45.7 Å². The summed E-state index contributed by atoms with van der Waals surface area (Å²) in [6, 6.07) is 0. The Morgan fingerprint density at radius 1 is 0.960 bits per heavy atom.